The van der Waals surface area contributed by atoms with Crippen LogP contribution in [0.5, 0.6) is 0 Å². The summed E-state index contributed by atoms with van der Waals surface area (Å²) in [7, 11) is 2.03. The fourth-order valence-electron chi connectivity index (χ4n) is 5.43. The van der Waals surface area contributed by atoms with Crippen molar-refractivity contribution in [2.45, 2.75) is 38.6 Å². The molecule has 1 atom stereocenters. The summed E-state index contributed by atoms with van der Waals surface area (Å²) in [4.78, 5) is 23.7. The Kier molecular flexibility index (Phi) is 6.26. The van der Waals surface area contributed by atoms with Gasteiger partial charge >= 0.3 is 0 Å². The van der Waals surface area contributed by atoms with Gasteiger partial charge in [0.25, 0.3) is 0 Å². The largest absolute Gasteiger partial charge is 0.348 e. The molecule has 5 heterocycles. The Labute approximate surface area is 225 Å². The van der Waals surface area contributed by atoms with E-state index >= 15 is 0 Å². The van der Waals surface area contributed by atoms with E-state index in [1.54, 1.807) is 0 Å². The first-order chi connectivity index (χ1) is 18.9. The molecular formula is C28H32N10O. The zero-order chi connectivity index (χ0) is 27.1. The van der Waals surface area contributed by atoms with E-state index in [1.807, 2.05) is 48.2 Å². The van der Waals surface area contributed by atoms with Gasteiger partial charge in [0.1, 0.15) is 0 Å². The molecule has 39 heavy (non-hydrogen) atoms. The summed E-state index contributed by atoms with van der Waals surface area (Å²) in [5.41, 5.74) is 6.59. The number of aromatic amines is 1. The molecule has 0 saturated carbocycles. The molecule has 1 saturated heterocycles. The molecule has 0 radical (unpaired) electrons. The second-order valence-electron chi connectivity index (χ2n) is 10.3. The van der Waals surface area contributed by atoms with E-state index in [0.29, 0.717) is 11.6 Å². The number of hydrogen-bond donors (Lipinski definition) is 3. The van der Waals surface area contributed by atoms with E-state index in [0.717, 1.165) is 65.4 Å². The highest BCUT2D eigenvalue weighted by Crippen LogP contribution is 2.30. The number of nitrogens with zero attached hydrogens (tertiary/aromatic N) is 7. The van der Waals surface area contributed by atoms with E-state index in [1.165, 1.54) is 6.08 Å². The van der Waals surface area contributed by atoms with Crippen LogP contribution in [0.3, 0.4) is 0 Å². The van der Waals surface area contributed by atoms with E-state index in [9.17, 15) is 4.79 Å². The maximum Gasteiger partial charge on any atom is 0.247 e. The second kappa shape index (κ2) is 9.90. The summed E-state index contributed by atoms with van der Waals surface area (Å²) in [6, 6.07) is 10.0. The Morgan fingerprint density at radius 2 is 2.10 bits per heavy atom. The molecule has 6 rings (SSSR count). The minimum Gasteiger partial charge on any atom is -0.348 e. The zero-order valence-electron chi connectivity index (χ0n) is 22.3. The van der Waals surface area contributed by atoms with Gasteiger partial charge in [-0.3, -0.25) is 9.89 Å². The summed E-state index contributed by atoms with van der Waals surface area (Å²) < 4.78 is 4.05. The normalized spacial score (nSPS) is 15.8. The quantitative estimate of drug-likeness (QED) is 0.271. The molecular weight excluding hydrogens is 492 g/mol. The highest BCUT2D eigenvalue weighted by molar-refractivity contribution is 6.00. The average Bonchev–Trinajstić information content (AvgIpc) is 3.67. The molecule has 0 bridgehead atoms. The average molecular weight is 525 g/mol. The van der Waals surface area contributed by atoms with Crippen molar-refractivity contribution < 1.29 is 4.79 Å². The third-order valence-corrected chi connectivity index (χ3v) is 7.24. The molecule has 3 N–H and O–H groups in total. The van der Waals surface area contributed by atoms with Gasteiger partial charge in [-0.1, -0.05) is 20.4 Å². The van der Waals surface area contributed by atoms with Crippen LogP contribution in [-0.4, -0.2) is 59.4 Å². The van der Waals surface area contributed by atoms with Gasteiger partial charge in [-0.25, -0.2) is 9.50 Å². The second-order valence-corrected chi connectivity index (χ2v) is 10.3. The van der Waals surface area contributed by atoms with Crippen LogP contribution in [0, 0.1) is 0 Å². The molecule has 5 aromatic rings. The number of rotatable bonds is 7. The number of nitrogens with one attached hydrogen (secondary N) is 3. The third-order valence-electron chi connectivity index (χ3n) is 7.24. The number of piperidine rings is 1. The van der Waals surface area contributed by atoms with Gasteiger partial charge in [0, 0.05) is 49.2 Å². The Balaban J connectivity index is 1.24. The fourth-order valence-corrected chi connectivity index (χ4v) is 5.43. The van der Waals surface area contributed by atoms with Crippen molar-refractivity contribution in [2.75, 3.05) is 28.6 Å². The molecule has 11 nitrogen and oxygen atoms in total. The molecule has 1 fully saturated rings. The number of aryl methyl sites for hydroxylation is 1. The van der Waals surface area contributed by atoms with Crippen molar-refractivity contribution >= 4 is 40.2 Å². The first-order valence-electron chi connectivity index (χ1n) is 13.2. The number of amides is 1. The molecule has 0 spiro atoms. The zero-order valence-corrected chi connectivity index (χ0v) is 22.3. The molecule has 0 unspecified atom stereocenters. The lowest BCUT2D eigenvalue weighted by Gasteiger charge is -2.33. The highest BCUT2D eigenvalue weighted by Gasteiger charge is 2.25. The third kappa shape index (κ3) is 4.60. The number of hydrogen-bond acceptors (Lipinski definition) is 7. The lowest BCUT2D eigenvalue weighted by molar-refractivity contribution is -0.111. The van der Waals surface area contributed by atoms with Crippen molar-refractivity contribution in [3.05, 3.63) is 61.1 Å². The lowest BCUT2D eigenvalue weighted by Crippen LogP contribution is -2.43. The Bertz CT molecular complexity index is 1660. The molecule has 1 amide bonds. The Morgan fingerprint density at radius 3 is 2.87 bits per heavy atom. The van der Waals surface area contributed by atoms with Crippen LogP contribution in [0.1, 0.15) is 38.3 Å². The number of imidazole rings is 1. The number of aromatic nitrogens is 7. The van der Waals surface area contributed by atoms with E-state index < -0.39 is 0 Å². The lowest BCUT2D eigenvalue weighted by atomic mass is 10.00. The molecule has 1 aliphatic heterocycles. The summed E-state index contributed by atoms with van der Waals surface area (Å²) >= 11 is 0. The van der Waals surface area contributed by atoms with Gasteiger partial charge < -0.3 is 20.1 Å². The van der Waals surface area contributed by atoms with E-state index in [4.69, 9.17) is 15.1 Å². The topological polar surface area (TPSA) is 121 Å². The van der Waals surface area contributed by atoms with Crippen molar-refractivity contribution in [1.82, 2.24) is 34.3 Å². The Morgan fingerprint density at radius 1 is 1.23 bits per heavy atom. The number of carbonyl (C=O) groups excluding carboxylic acids is 1. The number of benzene rings is 1. The predicted molar refractivity (Wildman–Crippen MR) is 153 cm³/mol. The Hall–Kier alpha value is -4.67. The molecule has 1 aromatic carbocycles. The van der Waals surface area contributed by atoms with Crippen LogP contribution in [0.15, 0.2) is 55.4 Å². The molecule has 4 aromatic heterocycles. The van der Waals surface area contributed by atoms with Crippen LogP contribution in [0.25, 0.3) is 27.8 Å². The van der Waals surface area contributed by atoms with Crippen LogP contribution >= 0.6 is 0 Å². The van der Waals surface area contributed by atoms with Crippen LogP contribution < -0.4 is 15.5 Å². The fraction of sp³-hybridized carbons (Fsp3) is 0.321. The summed E-state index contributed by atoms with van der Waals surface area (Å²) in [5, 5.41) is 18.3. The smallest absolute Gasteiger partial charge is 0.247 e. The van der Waals surface area contributed by atoms with Crippen molar-refractivity contribution in [1.29, 1.82) is 0 Å². The maximum atomic E-state index is 11.7. The van der Waals surface area contributed by atoms with Crippen LogP contribution in [-0.2, 0) is 11.8 Å². The number of anilines is 3. The maximum absolute atomic E-state index is 11.7. The van der Waals surface area contributed by atoms with E-state index in [2.05, 4.69) is 56.8 Å². The van der Waals surface area contributed by atoms with Crippen LogP contribution in [0.4, 0.5) is 17.6 Å². The SMILES string of the molecule is C=CC(=O)Nc1ccc2c(c1)nc(N1CCC[C@@H](Nc3nc4ccc(-c5cn[nH]c5)c(C(C)C)n4n3)C1)n2C. The van der Waals surface area contributed by atoms with Crippen LogP contribution in [0.2, 0.25) is 0 Å². The minimum atomic E-state index is -0.241. The number of pyridine rings is 1. The molecule has 0 aliphatic carbocycles. The number of carbonyl (C=O) groups is 1. The van der Waals surface area contributed by atoms with Crippen molar-refractivity contribution in [3.8, 4) is 11.1 Å². The van der Waals surface area contributed by atoms with Gasteiger partial charge in [-0.05, 0) is 55.2 Å². The summed E-state index contributed by atoms with van der Waals surface area (Å²) in [6.07, 6.45) is 7.04. The predicted octanol–water partition coefficient (Wildman–Crippen LogP) is 4.33. The monoisotopic (exact) mass is 524 g/mol. The minimum absolute atomic E-state index is 0.175. The molecule has 1 aliphatic rings. The van der Waals surface area contributed by atoms with Gasteiger partial charge in [-0.2, -0.15) is 10.1 Å². The van der Waals surface area contributed by atoms with Crippen molar-refractivity contribution in [2.24, 2.45) is 7.05 Å². The van der Waals surface area contributed by atoms with Gasteiger partial charge in [0.05, 0.1) is 22.9 Å². The molecule has 11 heteroatoms. The first kappa shape index (κ1) is 24.7. The number of fused-ring (bicyclic) bond motifs is 2. The van der Waals surface area contributed by atoms with Gasteiger partial charge in [-0.15, -0.1) is 5.10 Å². The van der Waals surface area contributed by atoms with Crippen molar-refractivity contribution in [3.63, 3.8) is 0 Å². The van der Waals surface area contributed by atoms with Gasteiger partial charge in [0.2, 0.25) is 17.8 Å². The standard InChI is InChI=1S/C28H32N10O/c1-5-25(39)31-19-8-10-23-22(13-19)33-28(36(23)4)37-12-6-7-20(16-37)32-27-34-24-11-9-21(18-14-29-30-15-18)26(17(2)3)38(24)35-27/h5,8-11,13-15,17,20H,1,6-7,12,16H2,2-4H3,(H,29,30)(H,31,39)(H,32,35)/t20-/m1/s1. The number of H-pyrrole nitrogens is 1. The van der Waals surface area contributed by atoms with Gasteiger partial charge in [0.15, 0.2) is 5.65 Å². The first-order valence-corrected chi connectivity index (χ1v) is 13.2. The molecule has 200 valence electrons. The highest BCUT2D eigenvalue weighted by atomic mass is 16.1. The van der Waals surface area contributed by atoms with E-state index in [-0.39, 0.29) is 17.9 Å². The summed E-state index contributed by atoms with van der Waals surface area (Å²) in [5.74, 6) is 1.54. The summed E-state index contributed by atoms with van der Waals surface area (Å²) in [6.45, 7) is 9.55.